The maximum atomic E-state index is 12.7. The molecule has 2 N–H and O–H groups in total. The van der Waals surface area contributed by atoms with Gasteiger partial charge in [-0.3, -0.25) is 0 Å². The molecule has 17 heavy (non-hydrogen) atoms. The SMILES string of the molecule is CC(CN)CN(C)c1ncccc1C(F)(F)F. The van der Waals surface area contributed by atoms with Crippen molar-refractivity contribution in [2.75, 3.05) is 25.0 Å². The monoisotopic (exact) mass is 247 g/mol. The Morgan fingerprint density at radius 2 is 2.12 bits per heavy atom. The van der Waals surface area contributed by atoms with Crippen LogP contribution >= 0.6 is 0 Å². The number of aromatic nitrogens is 1. The molecule has 96 valence electrons. The second kappa shape index (κ2) is 5.35. The Hall–Kier alpha value is -1.30. The van der Waals surface area contributed by atoms with Crippen molar-refractivity contribution in [1.82, 2.24) is 4.98 Å². The molecule has 0 aliphatic carbocycles. The molecule has 0 aliphatic rings. The Bertz CT molecular complexity index is 365. The molecule has 1 aromatic heterocycles. The summed E-state index contributed by atoms with van der Waals surface area (Å²) in [5.74, 6) is 0.0587. The van der Waals surface area contributed by atoms with E-state index < -0.39 is 11.7 Å². The molecule has 1 atom stereocenters. The first kappa shape index (κ1) is 13.8. The summed E-state index contributed by atoms with van der Waals surface area (Å²) in [4.78, 5) is 5.28. The molecule has 0 spiro atoms. The summed E-state index contributed by atoms with van der Waals surface area (Å²) in [6.07, 6.45) is -3.03. The summed E-state index contributed by atoms with van der Waals surface area (Å²) in [5, 5.41) is 0. The molecule has 0 aliphatic heterocycles. The lowest BCUT2D eigenvalue weighted by Crippen LogP contribution is -2.30. The van der Waals surface area contributed by atoms with Crippen LogP contribution in [0.25, 0.3) is 0 Å². The summed E-state index contributed by atoms with van der Waals surface area (Å²) in [7, 11) is 1.59. The van der Waals surface area contributed by atoms with Crippen LogP contribution in [-0.2, 0) is 6.18 Å². The van der Waals surface area contributed by atoms with E-state index in [4.69, 9.17) is 5.73 Å². The van der Waals surface area contributed by atoms with Crippen LogP contribution in [0.4, 0.5) is 19.0 Å². The molecule has 6 heteroatoms. The van der Waals surface area contributed by atoms with E-state index in [2.05, 4.69) is 4.98 Å². The summed E-state index contributed by atoms with van der Waals surface area (Å²) in [6.45, 7) is 2.75. The fraction of sp³-hybridized carbons (Fsp3) is 0.545. The molecule has 0 saturated carbocycles. The number of nitrogens with zero attached hydrogens (tertiary/aromatic N) is 2. The van der Waals surface area contributed by atoms with Gasteiger partial charge in [-0.05, 0) is 24.6 Å². The van der Waals surface area contributed by atoms with Gasteiger partial charge in [-0.1, -0.05) is 6.92 Å². The molecule has 0 bridgehead atoms. The van der Waals surface area contributed by atoms with E-state index in [1.807, 2.05) is 6.92 Å². The molecule has 1 heterocycles. The standard InChI is InChI=1S/C11H16F3N3/c1-8(6-15)7-17(2)10-9(11(12,13)14)4-3-5-16-10/h3-5,8H,6-7,15H2,1-2H3. The maximum Gasteiger partial charge on any atom is 0.419 e. The first-order chi connectivity index (χ1) is 7.86. The smallest absolute Gasteiger partial charge is 0.359 e. The van der Waals surface area contributed by atoms with Crippen LogP contribution < -0.4 is 10.6 Å². The molecular formula is C11H16F3N3. The van der Waals surface area contributed by atoms with Gasteiger partial charge in [0, 0.05) is 19.8 Å². The molecule has 0 radical (unpaired) electrons. The summed E-state index contributed by atoms with van der Waals surface area (Å²) in [5.41, 5.74) is 4.74. The van der Waals surface area contributed by atoms with Gasteiger partial charge in [-0.2, -0.15) is 13.2 Å². The van der Waals surface area contributed by atoms with Crippen LogP contribution in [0.5, 0.6) is 0 Å². The molecule has 1 unspecified atom stereocenters. The van der Waals surface area contributed by atoms with E-state index in [1.54, 1.807) is 7.05 Å². The van der Waals surface area contributed by atoms with Crippen molar-refractivity contribution in [3.63, 3.8) is 0 Å². The zero-order valence-electron chi connectivity index (χ0n) is 9.83. The Kier molecular flexibility index (Phi) is 4.34. The Morgan fingerprint density at radius 1 is 1.47 bits per heavy atom. The number of anilines is 1. The minimum Gasteiger partial charge on any atom is -0.359 e. The number of hydrogen-bond acceptors (Lipinski definition) is 3. The van der Waals surface area contributed by atoms with Crippen LogP contribution in [0.1, 0.15) is 12.5 Å². The Labute approximate surface area is 98.4 Å². The molecule has 0 fully saturated rings. The number of nitrogens with two attached hydrogens (primary N) is 1. The fourth-order valence-corrected chi connectivity index (χ4v) is 1.55. The third-order valence-corrected chi connectivity index (χ3v) is 2.44. The second-order valence-electron chi connectivity index (χ2n) is 4.09. The lowest BCUT2D eigenvalue weighted by molar-refractivity contribution is -0.137. The van der Waals surface area contributed by atoms with Crippen molar-refractivity contribution in [3.8, 4) is 0 Å². The highest BCUT2D eigenvalue weighted by Crippen LogP contribution is 2.34. The molecule has 0 amide bonds. The van der Waals surface area contributed by atoms with E-state index in [0.29, 0.717) is 13.1 Å². The van der Waals surface area contributed by atoms with Crippen molar-refractivity contribution in [1.29, 1.82) is 0 Å². The van der Waals surface area contributed by atoms with E-state index in [1.165, 1.54) is 17.2 Å². The highest BCUT2D eigenvalue weighted by molar-refractivity contribution is 5.47. The van der Waals surface area contributed by atoms with Gasteiger partial charge in [0.2, 0.25) is 0 Å². The number of alkyl halides is 3. The second-order valence-corrected chi connectivity index (χ2v) is 4.09. The van der Waals surface area contributed by atoms with Crippen LogP contribution in [0.15, 0.2) is 18.3 Å². The predicted molar refractivity (Wildman–Crippen MR) is 60.7 cm³/mol. The third-order valence-electron chi connectivity index (χ3n) is 2.44. The minimum absolute atomic E-state index is 0.0553. The third kappa shape index (κ3) is 3.59. The number of rotatable bonds is 4. The highest BCUT2D eigenvalue weighted by atomic mass is 19.4. The first-order valence-corrected chi connectivity index (χ1v) is 5.29. The lowest BCUT2D eigenvalue weighted by atomic mass is 10.1. The van der Waals surface area contributed by atoms with Gasteiger partial charge in [0.25, 0.3) is 0 Å². The fourth-order valence-electron chi connectivity index (χ4n) is 1.55. The van der Waals surface area contributed by atoms with Crippen LogP contribution in [-0.4, -0.2) is 25.1 Å². The lowest BCUT2D eigenvalue weighted by Gasteiger charge is -2.24. The summed E-state index contributed by atoms with van der Waals surface area (Å²) in [6, 6.07) is 2.32. The minimum atomic E-state index is -4.39. The highest BCUT2D eigenvalue weighted by Gasteiger charge is 2.35. The quantitative estimate of drug-likeness (QED) is 0.886. The van der Waals surface area contributed by atoms with Crippen LogP contribution in [0.2, 0.25) is 0 Å². The number of pyridine rings is 1. The summed E-state index contributed by atoms with van der Waals surface area (Å²) < 4.78 is 38.2. The predicted octanol–water partition coefficient (Wildman–Crippen LogP) is 2.13. The largest absolute Gasteiger partial charge is 0.419 e. The summed E-state index contributed by atoms with van der Waals surface area (Å²) >= 11 is 0. The number of hydrogen-bond donors (Lipinski definition) is 1. The van der Waals surface area contributed by atoms with E-state index in [0.717, 1.165) is 6.07 Å². The Balaban J connectivity index is 2.97. The molecular weight excluding hydrogens is 231 g/mol. The van der Waals surface area contributed by atoms with Crippen molar-refractivity contribution >= 4 is 5.82 Å². The van der Waals surface area contributed by atoms with Crippen molar-refractivity contribution in [2.24, 2.45) is 11.7 Å². The molecule has 0 aromatic carbocycles. The Morgan fingerprint density at radius 3 is 2.65 bits per heavy atom. The zero-order valence-corrected chi connectivity index (χ0v) is 9.83. The van der Waals surface area contributed by atoms with Crippen LogP contribution in [0.3, 0.4) is 0 Å². The number of halogens is 3. The molecule has 3 nitrogen and oxygen atoms in total. The van der Waals surface area contributed by atoms with Gasteiger partial charge >= 0.3 is 6.18 Å². The average molecular weight is 247 g/mol. The van der Waals surface area contributed by atoms with Gasteiger partial charge in [-0.25, -0.2) is 4.98 Å². The van der Waals surface area contributed by atoms with Crippen molar-refractivity contribution in [3.05, 3.63) is 23.9 Å². The van der Waals surface area contributed by atoms with Crippen molar-refractivity contribution < 1.29 is 13.2 Å². The van der Waals surface area contributed by atoms with E-state index >= 15 is 0 Å². The first-order valence-electron chi connectivity index (χ1n) is 5.29. The average Bonchev–Trinajstić information content (AvgIpc) is 2.27. The van der Waals surface area contributed by atoms with Gasteiger partial charge in [-0.15, -0.1) is 0 Å². The van der Waals surface area contributed by atoms with Crippen LogP contribution in [0, 0.1) is 5.92 Å². The van der Waals surface area contributed by atoms with Crippen molar-refractivity contribution in [2.45, 2.75) is 13.1 Å². The maximum absolute atomic E-state index is 12.7. The topological polar surface area (TPSA) is 42.1 Å². The molecule has 1 aromatic rings. The molecule has 1 rings (SSSR count). The van der Waals surface area contributed by atoms with E-state index in [9.17, 15) is 13.2 Å². The normalized spacial score (nSPS) is 13.5. The van der Waals surface area contributed by atoms with E-state index in [-0.39, 0.29) is 11.7 Å². The van der Waals surface area contributed by atoms with Gasteiger partial charge in [0.05, 0.1) is 5.56 Å². The molecule has 0 saturated heterocycles. The van der Waals surface area contributed by atoms with Gasteiger partial charge < -0.3 is 10.6 Å². The van der Waals surface area contributed by atoms with Gasteiger partial charge in [0.1, 0.15) is 5.82 Å². The van der Waals surface area contributed by atoms with Gasteiger partial charge in [0.15, 0.2) is 0 Å². The zero-order chi connectivity index (χ0) is 13.1.